The summed E-state index contributed by atoms with van der Waals surface area (Å²) in [6, 6.07) is 17.8. The molecule has 1 unspecified atom stereocenters. The van der Waals surface area contributed by atoms with E-state index in [4.69, 9.17) is 4.74 Å². The molecule has 3 aromatic rings. The Labute approximate surface area is 154 Å². The van der Waals surface area contributed by atoms with Crippen molar-refractivity contribution in [1.82, 2.24) is 14.7 Å². The molecule has 0 bridgehead atoms. The van der Waals surface area contributed by atoms with E-state index < -0.39 is 6.10 Å². The topological polar surface area (TPSA) is 50.5 Å². The normalized spacial score (nSPS) is 12.3. The number of aliphatic hydroxyl groups excluding tert-OH is 1. The fraction of sp³-hybridized carbons (Fsp3) is 0.286. The second kappa shape index (κ2) is 8.65. The van der Waals surface area contributed by atoms with Crippen molar-refractivity contribution in [3.05, 3.63) is 78.1 Å². The van der Waals surface area contributed by atoms with Crippen molar-refractivity contribution in [3.63, 3.8) is 0 Å². The Morgan fingerprint density at radius 3 is 2.62 bits per heavy atom. The van der Waals surface area contributed by atoms with E-state index in [-0.39, 0.29) is 6.61 Å². The SMILES string of the molecule is Cc1ccccc1OCC(O)CN(C)Cc1cnn(-c2ccccc2)c1. The largest absolute Gasteiger partial charge is 0.491 e. The van der Waals surface area contributed by atoms with Gasteiger partial charge in [-0.3, -0.25) is 4.90 Å². The van der Waals surface area contributed by atoms with Crippen LogP contribution in [-0.4, -0.2) is 46.1 Å². The summed E-state index contributed by atoms with van der Waals surface area (Å²) in [5, 5.41) is 14.7. The summed E-state index contributed by atoms with van der Waals surface area (Å²) < 4.78 is 7.58. The Balaban J connectivity index is 1.48. The fourth-order valence-electron chi connectivity index (χ4n) is 2.86. The van der Waals surface area contributed by atoms with Gasteiger partial charge in [0, 0.05) is 24.8 Å². The van der Waals surface area contributed by atoms with Crippen LogP contribution in [0.2, 0.25) is 0 Å². The molecule has 1 N–H and O–H groups in total. The van der Waals surface area contributed by atoms with Crippen molar-refractivity contribution in [2.24, 2.45) is 0 Å². The van der Waals surface area contributed by atoms with Gasteiger partial charge in [0.15, 0.2) is 0 Å². The van der Waals surface area contributed by atoms with Crippen LogP contribution >= 0.6 is 0 Å². The zero-order valence-electron chi connectivity index (χ0n) is 15.2. The molecule has 5 heteroatoms. The zero-order valence-corrected chi connectivity index (χ0v) is 15.2. The van der Waals surface area contributed by atoms with Gasteiger partial charge in [-0.2, -0.15) is 5.10 Å². The molecule has 136 valence electrons. The molecule has 1 atom stereocenters. The Morgan fingerprint density at radius 1 is 1.12 bits per heavy atom. The van der Waals surface area contributed by atoms with Gasteiger partial charge in [0.05, 0.1) is 11.9 Å². The van der Waals surface area contributed by atoms with E-state index in [1.807, 2.05) is 85.6 Å². The number of nitrogens with zero attached hydrogens (tertiary/aromatic N) is 3. The summed E-state index contributed by atoms with van der Waals surface area (Å²) in [5.41, 5.74) is 3.21. The Morgan fingerprint density at radius 2 is 1.85 bits per heavy atom. The average molecular weight is 351 g/mol. The number of likely N-dealkylation sites (N-methyl/N-ethyl adjacent to an activating group) is 1. The lowest BCUT2D eigenvalue weighted by Gasteiger charge is -2.20. The first-order valence-electron chi connectivity index (χ1n) is 8.76. The molecule has 0 aliphatic heterocycles. The molecule has 0 aliphatic carbocycles. The second-order valence-corrected chi connectivity index (χ2v) is 6.56. The molecule has 3 rings (SSSR count). The van der Waals surface area contributed by atoms with Crippen molar-refractivity contribution >= 4 is 0 Å². The van der Waals surface area contributed by atoms with Crippen LogP contribution in [0.25, 0.3) is 5.69 Å². The monoisotopic (exact) mass is 351 g/mol. The van der Waals surface area contributed by atoms with Crippen LogP contribution in [0.1, 0.15) is 11.1 Å². The van der Waals surface area contributed by atoms with E-state index in [2.05, 4.69) is 10.00 Å². The van der Waals surface area contributed by atoms with E-state index in [9.17, 15) is 5.11 Å². The quantitative estimate of drug-likeness (QED) is 0.678. The van der Waals surface area contributed by atoms with Crippen molar-refractivity contribution in [2.45, 2.75) is 19.6 Å². The van der Waals surface area contributed by atoms with Gasteiger partial charge in [-0.15, -0.1) is 0 Å². The zero-order chi connectivity index (χ0) is 18.4. The fourth-order valence-corrected chi connectivity index (χ4v) is 2.86. The number of aromatic nitrogens is 2. The van der Waals surface area contributed by atoms with Crippen molar-refractivity contribution in [2.75, 3.05) is 20.2 Å². The van der Waals surface area contributed by atoms with Crippen LogP contribution in [-0.2, 0) is 6.54 Å². The Bertz CT molecular complexity index is 817. The lowest BCUT2D eigenvalue weighted by atomic mass is 10.2. The van der Waals surface area contributed by atoms with Crippen LogP contribution in [0.3, 0.4) is 0 Å². The standard InChI is InChI=1S/C21H25N3O2/c1-17-8-6-7-11-21(17)26-16-20(25)15-23(2)13-18-12-22-24(14-18)19-9-4-3-5-10-19/h3-12,14,20,25H,13,15-16H2,1-2H3. The molecule has 1 heterocycles. The Hall–Kier alpha value is -2.63. The molecule has 0 radical (unpaired) electrons. The number of aryl methyl sites for hydroxylation is 1. The lowest BCUT2D eigenvalue weighted by molar-refractivity contribution is 0.0741. The molecule has 1 aromatic heterocycles. The van der Waals surface area contributed by atoms with E-state index in [1.165, 1.54) is 0 Å². The number of hydrogen-bond acceptors (Lipinski definition) is 4. The minimum atomic E-state index is -0.552. The maximum absolute atomic E-state index is 10.2. The number of aliphatic hydroxyl groups is 1. The smallest absolute Gasteiger partial charge is 0.122 e. The molecule has 0 amide bonds. The molecular formula is C21H25N3O2. The highest BCUT2D eigenvalue weighted by atomic mass is 16.5. The minimum Gasteiger partial charge on any atom is -0.491 e. The lowest BCUT2D eigenvalue weighted by Crippen LogP contribution is -2.32. The molecule has 0 saturated carbocycles. The number of rotatable bonds is 8. The van der Waals surface area contributed by atoms with Crippen molar-refractivity contribution < 1.29 is 9.84 Å². The highest BCUT2D eigenvalue weighted by Gasteiger charge is 2.11. The average Bonchev–Trinajstić information content (AvgIpc) is 3.10. The third-order valence-electron chi connectivity index (χ3n) is 4.16. The summed E-state index contributed by atoms with van der Waals surface area (Å²) in [6.07, 6.45) is 3.32. The first-order chi connectivity index (χ1) is 12.6. The summed E-state index contributed by atoms with van der Waals surface area (Å²) in [7, 11) is 1.98. The number of para-hydroxylation sites is 2. The summed E-state index contributed by atoms with van der Waals surface area (Å²) >= 11 is 0. The molecule has 26 heavy (non-hydrogen) atoms. The van der Waals surface area contributed by atoms with Gasteiger partial charge in [0.1, 0.15) is 18.5 Å². The van der Waals surface area contributed by atoms with Crippen molar-refractivity contribution in [1.29, 1.82) is 0 Å². The first kappa shape index (κ1) is 18.2. The van der Waals surface area contributed by atoms with Gasteiger partial charge in [0.25, 0.3) is 0 Å². The molecule has 0 spiro atoms. The van der Waals surface area contributed by atoms with Gasteiger partial charge in [-0.1, -0.05) is 36.4 Å². The molecule has 0 aliphatic rings. The number of ether oxygens (including phenoxy) is 1. The van der Waals surface area contributed by atoms with Crippen LogP contribution < -0.4 is 4.74 Å². The van der Waals surface area contributed by atoms with E-state index >= 15 is 0 Å². The van der Waals surface area contributed by atoms with Gasteiger partial charge in [-0.05, 0) is 37.7 Å². The molecule has 5 nitrogen and oxygen atoms in total. The van der Waals surface area contributed by atoms with Gasteiger partial charge in [-0.25, -0.2) is 4.68 Å². The van der Waals surface area contributed by atoms with E-state index in [0.717, 1.165) is 22.6 Å². The third kappa shape index (κ3) is 4.94. The summed E-state index contributed by atoms with van der Waals surface area (Å²) in [4.78, 5) is 2.07. The first-order valence-corrected chi connectivity index (χ1v) is 8.76. The van der Waals surface area contributed by atoms with Crippen molar-refractivity contribution in [3.8, 4) is 11.4 Å². The maximum Gasteiger partial charge on any atom is 0.122 e. The van der Waals surface area contributed by atoms with E-state index in [1.54, 1.807) is 0 Å². The Kier molecular flexibility index (Phi) is 6.04. The van der Waals surface area contributed by atoms with Crippen LogP contribution in [0.15, 0.2) is 67.0 Å². The van der Waals surface area contributed by atoms with Crippen LogP contribution in [0.4, 0.5) is 0 Å². The van der Waals surface area contributed by atoms with Gasteiger partial charge >= 0.3 is 0 Å². The highest BCUT2D eigenvalue weighted by molar-refractivity contribution is 5.32. The number of benzene rings is 2. The van der Waals surface area contributed by atoms with Gasteiger partial charge in [0.2, 0.25) is 0 Å². The third-order valence-corrected chi connectivity index (χ3v) is 4.16. The highest BCUT2D eigenvalue weighted by Crippen LogP contribution is 2.16. The molecule has 0 fully saturated rings. The number of hydrogen-bond donors (Lipinski definition) is 1. The molecular weight excluding hydrogens is 326 g/mol. The summed E-state index contributed by atoms with van der Waals surface area (Å²) in [5.74, 6) is 0.818. The minimum absolute atomic E-state index is 0.276. The van der Waals surface area contributed by atoms with Crippen LogP contribution in [0.5, 0.6) is 5.75 Å². The molecule has 0 saturated heterocycles. The molecule has 2 aromatic carbocycles. The van der Waals surface area contributed by atoms with Crippen LogP contribution in [0, 0.1) is 6.92 Å². The maximum atomic E-state index is 10.2. The predicted molar refractivity (Wildman–Crippen MR) is 103 cm³/mol. The predicted octanol–water partition coefficient (Wildman–Crippen LogP) is 3.05. The summed E-state index contributed by atoms with van der Waals surface area (Å²) in [6.45, 7) is 3.52. The second-order valence-electron chi connectivity index (χ2n) is 6.56. The van der Waals surface area contributed by atoms with Gasteiger partial charge < -0.3 is 9.84 Å². The van der Waals surface area contributed by atoms with E-state index in [0.29, 0.717) is 13.1 Å².